The van der Waals surface area contributed by atoms with Gasteiger partial charge < -0.3 is 19.3 Å². The van der Waals surface area contributed by atoms with Crippen molar-refractivity contribution in [2.75, 3.05) is 30.5 Å². The van der Waals surface area contributed by atoms with E-state index in [1.54, 1.807) is 6.07 Å². The smallest absolute Gasteiger partial charge is 0.341 e. The van der Waals surface area contributed by atoms with Crippen molar-refractivity contribution in [2.45, 2.75) is 38.5 Å². The van der Waals surface area contributed by atoms with Crippen molar-refractivity contribution in [3.05, 3.63) is 52.8 Å². The molecule has 0 bridgehead atoms. The van der Waals surface area contributed by atoms with Gasteiger partial charge in [-0.2, -0.15) is 0 Å². The summed E-state index contributed by atoms with van der Waals surface area (Å²) >= 11 is -2.83. The Morgan fingerprint density at radius 2 is 2.12 bits per heavy atom. The number of hydrogen-bond acceptors (Lipinski definition) is 5. The molecule has 2 aromatic rings. The summed E-state index contributed by atoms with van der Waals surface area (Å²) in [5, 5.41) is 10.1. The lowest BCUT2D eigenvalue weighted by atomic mass is 9.90. The first-order valence-electron chi connectivity index (χ1n) is 11.8. The molecular formula is C25H28FN2O5S-. The fraction of sp³-hybridized carbons (Fsp3) is 0.480. The highest BCUT2D eigenvalue weighted by atomic mass is 32.2. The molecule has 7 nitrogen and oxygen atoms in total. The van der Waals surface area contributed by atoms with E-state index in [4.69, 9.17) is 4.74 Å². The van der Waals surface area contributed by atoms with E-state index in [2.05, 4.69) is 11.8 Å². The average Bonchev–Trinajstić information content (AvgIpc) is 3.60. The lowest BCUT2D eigenvalue weighted by Crippen LogP contribution is -2.36. The summed E-state index contributed by atoms with van der Waals surface area (Å²) in [6.45, 7) is 5.36. The van der Waals surface area contributed by atoms with Crippen molar-refractivity contribution in [1.29, 1.82) is 0 Å². The number of ether oxygens (including phenoxy) is 1. The Hall–Kier alpha value is -2.49. The quantitative estimate of drug-likeness (QED) is 0.588. The number of fused-ring (bicyclic) bond motifs is 3. The number of hydrogen-bond donors (Lipinski definition) is 1. The van der Waals surface area contributed by atoms with Crippen LogP contribution in [0.3, 0.4) is 0 Å². The maximum atomic E-state index is 14.3. The van der Waals surface area contributed by atoms with Crippen LogP contribution in [0.25, 0.3) is 0 Å². The van der Waals surface area contributed by atoms with E-state index in [0.717, 1.165) is 48.8 Å². The van der Waals surface area contributed by atoms with E-state index in [1.807, 2.05) is 0 Å². The van der Waals surface area contributed by atoms with Crippen LogP contribution in [0.4, 0.5) is 15.8 Å². The Morgan fingerprint density at radius 1 is 1.32 bits per heavy atom. The molecule has 0 aromatic heterocycles. The summed E-state index contributed by atoms with van der Waals surface area (Å²) in [5.74, 6) is -0.549. The summed E-state index contributed by atoms with van der Waals surface area (Å²) in [6, 6.07) is 7.30. The van der Waals surface area contributed by atoms with Gasteiger partial charge in [0.15, 0.2) is 0 Å². The second-order valence-corrected chi connectivity index (χ2v) is 10.3. The standard InChI is InChI=1S/C25H29FN2O5S/c1-2-27-9-3-4-15(13-27)10-16-11-18(26)5-7-21(16)28(34(31)32)22-8-6-19-20-12-17(20)14-33-24(19)23(22)25(29)30/h5-8,11,15,17,20H,2-4,9-10,12-14H2,1H3,(H,29,30)(H,31,32)/p-1/t15-,17+,20+/m1/s1. The van der Waals surface area contributed by atoms with Gasteiger partial charge in [-0.1, -0.05) is 13.0 Å². The summed E-state index contributed by atoms with van der Waals surface area (Å²) in [5.41, 5.74) is 1.47. The van der Waals surface area contributed by atoms with Gasteiger partial charge in [-0.15, -0.1) is 0 Å². The van der Waals surface area contributed by atoms with Gasteiger partial charge >= 0.3 is 5.97 Å². The molecule has 0 spiro atoms. The van der Waals surface area contributed by atoms with Gasteiger partial charge in [0.2, 0.25) is 0 Å². The van der Waals surface area contributed by atoms with Crippen LogP contribution in [0.2, 0.25) is 0 Å². The molecule has 34 heavy (non-hydrogen) atoms. The molecule has 1 saturated heterocycles. The lowest BCUT2D eigenvalue weighted by Gasteiger charge is -2.34. The third-order valence-electron chi connectivity index (χ3n) is 7.33. The van der Waals surface area contributed by atoms with E-state index >= 15 is 0 Å². The Labute approximate surface area is 200 Å². The number of carboxylic acid groups (broad SMARTS) is 1. The van der Waals surface area contributed by atoms with Crippen LogP contribution in [0.1, 0.15) is 53.6 Å². The van der Waals surface area contributed by atoms with Gasteiger partial charge in [-0.3, -0.25) is 8.51 Å². The number of carboxylic acids is 1. The minimum absolute atomic E-state index is 0.00497. The predicted octanol–water partition coefficient (Wildman–Crippen LogP) is 4.23. The summed E-state index contributed by atoms with van der Waals surface area (Å²) < 4.78 is 46.1. The molecule has 9 heteroatoms. The number of anilines is 2. The fourth-order valence-corrected chi connectivity index (χ4v) is 6.19. The van der Waals surface area contributed by atoms with Crippen LogP contribution < -0.4 is 9.04 Å². The van der Waals surface area contributed by atoms with Crippen molar-refractivity contribution in [2.24, 2.45) is 11.8 Å². The van der Waals surface area contributed by atoms with E-state index in [0.29, 0.717) is 24.5 Å². The van der Waals surface area contributed by atoms with Gasteiger partial charge in [-0.25, -0.2) is 9.18 Å². The number of piperidine rings is 1. The molecule has 0 amide bonds. The number of halogens is 1. The largest absolute Gasteiger partial charge is 0.755 e. The Morgan fingerprint density at radius 3 is 2.85 bits per heavy atom. The minimum Gasteiger partial charge on any atom is -0.755 e. The average molecular weight is 488 g/mol. The molecular weight excluding hydrogens is 459 g/mol. The Balaban J connectivity index is 1.57. The molecule has 1 saturated carbocycles. The molecule has 5 rings (SSSR count). The molecule has 2 heterocycles. The third kappa shape index (κ3) is 4.32. The summed E-state index contributed by atoms with van der Waals surface area (Å²) in [4.78, 5) is 14.7. The van der Waals surface area contributed by atoms with Crippen LogP contribution in [0.15, 0.2) is 30.3 Å². The van der Waals surface area contributed by atoms with E-state index < -0.39 is 23.1 Å². The highest BCUT2D eigenvalue weighted by Crippen LogP contribution is 2.56. The Bertz CT molecular complexity index is 1140. The van der Waals surface area contributed by atoms with Gasteiger partial charge in [-0.05, 0) is 86.0 Å². The van der Waals surface area contributed by atoms with Gasteiger partial charge in [0, 0.05) is 12.5 Å². The van der Waals surface area contributed by atoms with Crippen LogP contribution in [-0.4, -0.2) is 51.0 Å². The Kier molecular flexibility index (Phi) is 6.35. The first-order chi connectivity index (χ1) is 16.4. The lowest BCUT2D eigenvalue weighted by molar-refractivity contribution is 0.0692. The number of nitrogens with zero attached hydrogens (tertiary/aromatic N) is 2. The third-order valence-corrected chi connectivity index (χ3v) is 8.02. The zero-order valence-corrected chi connectivity index (χ0v) is 19.9. The van der Waals surface area contributed by atoms with Crippen molar-refractivity contribution >= 4 is 28.6 Å². The van der Waals surface area contributed by atoms with Crippen molar-refractivity contribution in [3.63, 3.8) is 0 Å². The van der Waals surface area contributed by atoms with Gasteiger partial charge in [0.25, 0.3) is 0 Å². The molecule has 2 aromatic carbocycles. The molecule has 2 fully saturated rings. The normalized spacial score (nSPS) is 24.5. The maximum Gasteiger partial charge on any atom is 0.341 e. The monoisotopic (exact) mass is 487 g/mol. The number of likely N-dealkylation sites (tertiary alicyclic amines) is 1. The first kappa shape index (κ1) is 23.3. The number of rotatable bonds is 7. The maximum absolute atomic E-state index is 14.3. The highest BCUT2D eigenvalue weighted by Gasteiger charge is 2.45. The summed E-state index contributed by atoms with van der Waals surface area (Å²) in [6.07, 6.45) is 3.46. The summed E-state index contributed by atoms with van der Waals surface area (Å²) in [7, 11) is 0. The van der Waals surface area contributed by atoms with Crippen molar-refractivity contribution in [3.8, 4) is 5.75 Å². The SMILES string of the molecule is CCN1CCC[C@H](Cc2cc(F)ccc2N(c2ccc3c(c2C(=O)O)OC[C@@H]2C[C@H]32)S(=O)[O-])C1. The topological polar surface area (TPSA) is 93.1 Å². The first-order valence-corrected chi connectivity index (χ1v) is 12.8. The van der Waals surface area contributed by atoms with Crippen molar-refractivity contribution < 1.29 is 27.8 Å². The number of aromatic carboxylic acids is 1. The molecule has 0 radical (unpaired) electrons. The molecule has 1 N–H and O–H groups in total. The van der Waals surface area contributed by atoms with Crippen LogP contribution in [0.5, 0.6) is 5.75 Å². The second kappa shape index (κ2) is 9.28. The number of benzene rings is 2. The molecule has 1 unspecified atom stereocenters. The second-order valence-electron chi connectivity index (χ2n) is 9.49. The zero-order valence-electron chi connectivity index (χ0n) is 19.0. The fourth-order valence-electron chi connectivity index (χ4n) is 5.54. The predicted molar refractivity (Wildman–Crippen MR) is 126 cm³/mol. The van der Waals surface area contributed by atoms with Gasteiger partial charge in [0.1, 0.15) is 17.1 Å². The van der Waals surface area contributed by atoms with Crippen LogP contribution in [0, 0.1) is 17.7 Å². The molecule has 3 aliphatic rings. The number of carbonyl (C=O) groups is 1. The van der Waals surface area contributed by atoms with Crippen LogP contribution in [-0.2, 0) is 17.7 Å². The van der Waals surface area contributed by atoms with Gasteiger partial charge in [0.05, 0.1) is 29.2 Å². The highest BCUT2D eigenvalue weighted by molar-refractivity contribution is 7.81. The zero-order chi connectivity index (χ0) is 24.0. The molecule has 2 aliphatic heterocycles. The van der Waals surface area contributed by atoms with Crippen molar-refractivity contribution in [1.82, 2.24) is 4.90 Å². The van der Waals surface area contributed by atoms with E-state index in [1.165, 1.54) is 24.3 Å². The molecule has 1 aliphatic carbocycles. The van der Waals surface area contributed by atoms with E-state index in [-0.39, 0.29) is 34.5 Å². The molecule has 182 valence electrons. The van der Waals surface area contributed by atoms with Crippen LogP contribution >= 0.6 is 0 Å². The van der Waals surface area contributed by atoms with E-state index in [9.17, 15) is 23.1 Å². The minimum atomic E-state index is -2.83. The molecule has 4 atom stereocenters.